The molecule has 11 heteroatoms. The lowest BCUT2D eigenvalue weighted by atomic mass is 10.00. The van der Waals surface area contributed by atoms with Gasteiger partial charge in [-0.25, -0.2) is 8.42 Å². The van der Waals surface area contributed by atoms with Crippen LogP contribution in [0.2, 0.25) is 0 Å². The highest BCUT2D eigenvalue weighted by Gasteiger charge is 2.25. The Balaban J connectivity index is 1.58. The number of rotatable bonds is 14. The molecular weight excluding hydrogens is 602 g/mol. The van der Waals surface area contributed by atoms with Crippen molar-refractivity contribution in [1.82, 2.24) is 20.9 Å². The molecule has 1 heterocycles. The van der Waals surface area contributed by atoms with E-state index in [0.717, 1.165) is 33.1 Å². The molecule has 3 atom stereocenters. The molecule has 46 heavy (non-hydrogen) atoms. The highest BCUT2D eigenvalue weighted by Crippen LogP contribution is 2.22. The average molecular weight is 644 g/mol. The van der Waals surface area contributed by atoms with Crippen LogP contribution in [0.15, 0.2) is 97.1 Å². The Bertz CT molecular complexity index is 1740. The number of nitrogens with one attached hydrogen (secondary N) is 3. The van der Waals surface area contributed by atoms with E-state index in [-0.39, 0.29) is 29.4 Å². The fraction of sp³-hybridized carbons (Fsp3) is 0.286. The van der Waals surface area contributed by atoms with E-state index in [4.69, 9.17) is 0 Å². The van der Waals surface area contributed by atoms with Crippen molar-refractivity contribution in [2.45, 2.75) is 45.0 Å². The molecular formula is C35H41N5O5S. The molecule has 4 rings (SSSR count). The minimum atomic E-state index is -3.70. The first-order valence-corrected chi connectivity index (χ1v) is 16.9. The van der Waals surface area contributed by atoms with E-state index < -0.39 is 34.0 Å². The number of aromatic nitrogens is 1. The standard InChI is InChI=1S/C35H41N5O5S/c1-24-12-11-17-30(37-24)22-36-23-33(41)32(18-26-13-7-5-8-14-26)39-35(43)29-19-28(20-31(21-29)40(3)46(4,44)45)34(42)38-25(2)27-15-9-6-10-16-27/h5-17,19-21,25,32-33,36,41H,18,22-23H2,1-4H3,(H,38,42)(H,39,43)/t25-,32+,33-/m1/s1. The Labute approximate surface area is 270 Å². The summed E-state index contributed by atoms with van der Waals surface area (Å²) in [4.78, 5) is 31.6. The van der Waals surface area contributed by atoms with Crippen molar-refractivity contribution >= 4 is 27.5 Å². The van der Waals surface area contributed by atoms with Crippen molar-refractivity contribution in [2.24, 2.45) is 0 Å². The highest BCUT2D eigenvalue weighted by molar-refractivity contribution is 7.92. The van der Waals surface area contributed by atoms with Gasteiger partial charge in [-0.1, -0.05) is 66.7 Å². The number of hydrogen-bond donors (Lipinski definition) is 4. The summed E-state index contributed by atoms with van der Waals surface area (Å²) in [6.45, 7) is 4.36. The molecule has 4 N–H and O–H groups in total. The highest BCUT2D eigenvalue weighted by atomic mass is 32.2. The predicted molar refractivity (Wildman–Crippen MR) is 180 cm³/mol. The van der Waals surface area contributed by atoms with Gasteiger partial charge in [0.2, 0.25) is 10.0 Å². The lowest BCUT2D eigenvalue weighted by molar-refractivity contribution is 0.0829. The van der Waals surface area contributed by atoms with Gasteiger partial charge in [-0.2, -0.15) is 0 Å². The molecule has 0 saturated carbocycles. The molecule has 0 unspecified atom stereocenters. The molecule has 0 aliphatic carbocycles. The first-order valence-electron chi connectivity index (χ1n) is 15.0. The quantitative estimate of drug-likeness (QED) is 0.164. The molecule has 0 fully saturated rings. The molecule has 3 aromatic carbocycles. The molecule has 0 bridgehead atoms. The summed E-state index contributed by atoms with van der Waals surface area (Å²) in [6.07, 6.45) is 0.399. The van der Waals surface area contributed by atoms with Crippen LogP contribution in [-0.2, 0) is 23.0 Å². The van der Waals surface area contributed by atoms with Crippen LogP contribution in [0.25, 0.3) is 0 Å². The van der Waals surface area contributed by atoms with Crippen molar-refractivity contribution in [2.75, 3.05) is 24.2 Å². The van der Waals surface area contributed by atoms with Gasteiger partial charge in [-0.05, 0) is 61.7 Å². The smallest absolute Gasteiger partial charge is 0.251 e. The molecule has 0 saturated heterocycles. The largest absolute Gasteiger partial charge is 0.390 e. The summed E-state index contributed by atoms with van der Waals surface area (Å²) in [5, 5.41) is 20.3. The zero-order chi connectivity index (χ0) is 33.3. The maximum absolute atomic E-state index is 13.8. The van der Waals surface area contributed by atoms with Crippen molar-refractivity contribution in [3.05, 3.63) is 131 Å². The van der Waals surface area contributed by atoms with Gasteiger partial charge < -0.3 is 21.1 Å². The molecule has 0 spiro atoms. The van der Waals surface area contributed by atoms with Crippen molar-refractivity contribution < 1.29 is 23.1 Å². The molecule has 0 radical (unpaired) electrons. The number of aryl methyl sites for hydroxylation is 1. The van der Waals surface area contributed by atoms with Crippen LogP contribution in [0.5, 0.6) is 0 Å². The summed E-state index contributed by atoms with van der Waals surface area (Å²) >= 11 is 0. The summed E-state index contributed by atoms with van der Waals surface area (Å²) in [7, 11) is -2.34. The first kappa shape index (κ1) is 34.3. The van der Waals surface area contributed by atoms with Gasteiger partial charge in [-0.15, -0.1) is 0 Å². The van der Waals surface area contributed by atoms with Gasteiger partial charge in [0.15, 0.2) is 0 Å². The van der Waals surface area contributed by atoms with Crippen LogP contribution in [0.4, 0.5) is 5.69 Å². The SMILES string of the molecule is Cc1cccc(CNC[C@@H](O)[C@H](Cc2ccccc2)NC(=O)c2cc(C(=O)N[C@H](C)c3ccccc3)cc(N(C)S(C)(=O)=O)c2)n1. The maximum atomic E-state index is 13.8. The van der Waals surface area contributed by atoms with E-state index in [2.05, 4.69) is 20.9 Å². The third-order valence-corrected chi connectivity index (χ3v) is 8.84. The van der Waals surface area contributed by atoms with Gasteiger partial charge in [-0.3, -0.25) is 18.9 Å². The minimum Gasteiger partial charge on any atom is -0.390 e. The topological polar surface area (TPSA) is 141 Å². The van der Waals surface area contributed by atoms with Crippen LogP contribution in [0.3, 0.4) is 0 Å². The molecule has 4 aromatic rings. The Morgan fingerprint density at radius 2 is 1.48 bits per heavy atom. The lowest BCUT2D eigenvalue weighted by Gasteiger charge is -2.25. The van der Waals surface area contributed by atoms with E-state index in [0.29, 0.717) is 13.0 Å². The fourth-order valence-corrected chi connectivity index (χ4v) is 5.43. The molecule has 1 aromatic heterocycles. The number of carbonyl (C=O) groups excluding carboxylic acids is 2. The summed E-state index contributed by atoms with van der Waals surface area (Å²) in [6, 6.07) is 27.8. The molecule has 0 aliphatic rings. The number of aliphatic hydroxyl groups excluding tert-OH is 1. The number of carbonyl (C=O) groups is 2. The van der Waals surface area contributed by atoms with E-state index in [1.165, 1.54) is 25.2 Å². The molecule has 0 aliphatic heterocycles. The molecule has 10 nitrogen and oxygen atoms in total. The number of benzene rings is 3. The zero-order valence-corrected chi connectivity index (χ0v) is 27.3. The number of aliphatic hydroxyl groups is 1. The normalized spacial score (nSPS) is 13.3. The Hall–Kier alpha value is -4.58. The number of pyridine rings is 1. The number of nitrogens with zero attached hydrogens (tertiary/aromatic N) is 2. The summed E-state index contributed by atoms with van der Waals surface area (Å²) in [5.41, 5.74) is 3.87. The number of amides is 2. The number of anilines is 1. The number of hydrogen-bond acceptors (Lipinski definition) is 7. The Morgan fingerprint density at radius 3 is 2.09 bits per heavy atom. The summed E-state index contributed by atoms with van der Waals surface area (Å²) in [5.74, 6) is -1.03. The number of sulfonamides is 1. The van der Waals surface area contributed by atoms with Crippen LogP contribution in [0.1, 0.15) is 56.2 Å². The van der Waals surface area contributed by atoms with Crippen LogP contribution < -0.4 is 20.3 Å². The predicted octanol–water partition coefficient (Wildman–Crippen LogP) is 3.77. The summed E-state index contributed by atoms with van der Waals surface area (Å²) < 4.78 is 25.9. The second-order valence-electron chi connectivity index (χ2n) is 11.3. The second-order valence-corrected chi connectivity index (χ2v) is 13.4. The van der Waals surface area contributed by atoms with Crippen LogP contribution >= 0.6 is 0 Å². The van der Waals surface area contributed by atoms with Gasteiger partial charge in [0, 0.05) is 37.0 Å². The van der Waals surface area contributed by atoms with E-state index in [9.17, 15) is 23.1 Å². The third-order valence-electron chi connectivity index (χ3n) is 7.64. The van der Waals surface area contributed by atoms with Crippen LogP contribution in [0, 0.1) is 6.92 Å². The molecule has 242 valence electrons. The zero-order valence-electron chi connectivity index (χ0n) is 26.5. The fourth-order valence-electron chi connectivity index (χ4n) is 4.94. The third kappa shape index (κ3) is 9.71. The monoisotopic (exact) mass is 643 g/mol. The van der Waals surface area contributed by atoms with Gasteiger partial charge in [0.1, 0.15) is 0 Å². The van der Waals surface area contributed by atoms with E-state index in [1.807, 2.05) is 92.7 Å². The van der Waals surface area contributed by atoms with Gasteiger partial charge >= 0.3 is 0 Å². The minimum absolute atomic E-state index is 0.0766. The van der Waals surface area contributed by atoms with Gasteiger partial charge in [0.05, 0.1) is 35.8 Å². The van der Waals surface area contributed by atoms with Crippen LogP contribution in [-0.4, -0.2) is 62.3 Å². The van der Waals surface area contributed by atoms with E-state index >= 15 is 0 Å². The average Bonchev–Trinajstić information content (AvgIpc) is 3.04. The molecule has 2 amide bonds. The first-order chi connectivity index (χ1) is 21.9. The van der Waals surface area contributed by atoms with Crippen molar-refractivity contribution in [3.63, 3.8) is 0 Å². The second kappa shape index (κ2) is 15.6. The maximum Gasteiger partial charge on any atom is 0.251 e. The lowest BCUT2D eigenvalue weighted by Crippen LogP contribution is -2.48. The van der Waals surface area contributed by atoms with Gasteiger partial charge in [0.25, 0.3) is 11.8 Å². The van der Waals surface area contributed by atoms with E-state index in [1.54, 1.807) is 0 Å². The van der Waals surface area contributed by atoms with Crippen molar-refractivity contribution in [3.8, 4) is 0 Å². The Morgan fingerprint density at radius 1 is 0.870 bits per heavy atom. The Kier molecular flexibility index (Phi) is 11.6. The van der Waals surface area contributed by atoms with Crippen molar-refractivity contribution in [1.29, 1.82) is 0 Å².